The van der Waals surface area contributed by atoms with Crippen molar-refractivity contribution < 1.29 is 0 Å². The van der Waals surface area contributed by atoms with E-state index in [9.17, 15) is 0 Å². The maximum absolute atomic E-state index is 7.00. The maximum atomic E-state index is 7.00. The number of hydrogen-bond donors (Lipinski definition) is 1. The van der Waals surface area contributed by atoms with Gasteiger partial charge in [-0.2, -0.15) is 6.58 Å². The first-order valence-corrected chi connectivity index (χ1v) is 4.01. The minimum absolute atomic E-state index is 0.609. The van der Waals surface area contributed by atoms with Gasteiger partial charge < -0.3 is 11.4 Å². The van der Waals surface area contributed by atoms with E-state index in [0.717, 1.165) is 16.5 Å². The molecule has 0 aliphatic rings. The number of hydrogen-bond acceptors (Lipinski definition) is 0. The molecule has 0 spiro atoms. The average molecular weight is 166 g/mol. The summed E-state index contributed by atoms with van der Waals surface area (Å²) >= 11 is 0. The molecule has 0 unspecified atom stereocenters. The van der Waals surface area contributed by atoms with Crippen molar-refractivity contribution in [3.05, 3.63) is 49.0 Å². The van der Waals surface area contributed by atoms with Crippen LogP contribution < -0.4 is 0 Å². The van der Waals surface area contributed by atoms with Crippen LogP contribution in [0.3, 0.4) is 0 Å². The standard InChI is InChI=1S/C12H8N/c1-3-9(2)11-8-13-12-7-5-4-6-10(11)12/h4-8,13H,2H2/q-1. The SMILES string of the molecule is [C-]#CC(=C)c1c[nH]c2ccccc12. The Bertz CT molecular complexity index is 497. The fraction of sp³-hybridized carbons (Fsp3) is 0. The van der Waals surface area contributed by atoms with Crippen LogP contribution in [-0.4, -0.2) is 4.98 Å². The van der Waals surface area contributed by atoms with Crippen molar-refractivity contribution in [3.63, 3.8) is 0 Å². The van der Waals surface area contributed by atoms with E-state index in [1.807, 2.05) is 30.5 Å². The van der Waals surface area contributed by atoms with Crippen LogP contribution in [0, 0.1) is 12.3 Å². The van der Waals surface area contributed by atoms with Crippen LogP contribution in [0.2, 0.25) is 0 Å². The van der Waals surface area contributed by atoms with E-state index in [1.54, 1.807) is 0 Å². The lowest BCUT2D eigenvalue weighted by atomic mass is 10.1. The second kappa shape index (κ2) is 2.84. The van der Waals surface area contributed by atoms with Crippen molar-refractivity contribution in [2.75, 3.05) is 0 Å². The Labute approximate surface area is 77.1 Å². The molecule has 1 nitrogen and oxygen atoms in total. The molecule has 0 aliphatic heterocycles. The van der Waals surface area contributed by atoms with Crippen LogP contribution in [-0.2, 0) is 0 Å². The molecule has 0 saturated heterocycles. The zero-order chi connectivity index (χ0) is 9.26. The van der Waals surface area contributed by atoms with Gasteiger partial charge in [0.2, 0.25) is 0 Å². The lowest BCUT2D eigenvalue weighted by Gasteiger charge is -2.02. The normalized spacial score (nSPS) is 9.77. The molecule has 0 amide bonds. The van der Waals surface area contributed by atoms with Gasteiger partial charge >= 0.3 is 0 Å². The van der Waals surface area contributed by atoms with E-state index in [1.165, 1.54) is 0 Å². The number of fused-ring (bicyclic) bond motifs is 1. The summed E-state index contributed by atoms with van der Waals surface area (Å²) in [5.41, 5.74) is 2.62. The summed E-state index contributed by atoms with van der Waals surface area (Å²) in [6.07, 6.45) is 8.85. The molecule has 1 aromatic carbocycles. The molecule has 13 heavy (non-hydrogen) atoms. The number of nitrogens with one attached hydrogen (secondary N) is 1. The zero-order valence-electron chi connectivity index (χ0n) is 7.09. The summed E-state index contributed by atoms with van der Waals surface area (Å²) in [6, 6.07) is 7.94. The Morgan fingerprint density at radius 3 is 2.92 bits per heavy atom. The minimum Gasteiger partial charge on any atom is -0.366 e. The van der Waals surface area contributed by atoms with E-state index >= 15 is 0 Å². The molecule has 0 aliphatic carbocycles. The second-order valence-corrected chi connectivity index (χ2v) is 2.85. The van der Waals surface area contributed by atoms with Gasteiger partial charge in [-0.1, -0.05) is 23.8 Å². The summed E-state index contributed by atoms with van der Waals surface area (Å²) in [5.74, 6) is 2.30. The highest BCUT2D eigenvalue weighted by atomic mass is 14.7. The highest BCUT2D eigenvalue weighted by Gasteiger charge is 1.97. The molecule has 0 fully saturated rings. The minimum atomic E-state index is 0.609. The highest BCUT2D eigenvalue weighted by Crippen LogP contribution is 2.22. The molecule has 1 N–H and O–H groups in total. The quantitative estimate of drug-likeness (QED) is 0.495. The molecule has 2 aromatic rings. The monoisotopic (exact) mass is 166 g/mol. The van der Waals surface area contributed by atoms with Crippen molar-refractivity contribution in [2.45, 2.75) is 0 Å². The first-order valence-electron chi connectivity index (χ1n) is 4.01. The number of allylic oxidation sites excluding steroid dienone is 1. The van der Waals surface area contributed by atoms with Gasteiger partial charge in [-0.15, -0.1) is 5.57 Å². The van der Waals surface area contributed by atoms with Crippen molar-refractivity contribution in [1.29, 1.82) is 0 Å². The van der Waals surface area contributed by atoms with Crippen LogP contribution in [0.15, 0.2) is 37.0 Å². The van der Waals surface area contributed by atoms with Crippen LogP contribution in [0.25, 0.3) is 16.5 Å². The van der Waals surface area contributed by atoms with Crippen molar-refractivity contribution in [3.8, 4) is 5.92 Å². The first kappa shape index (κ1) is 7.70. The highest BCUT2D eigenvalue weighted by molar-refractivity contribution is 5.95. The summed E-state index contributed by atoms with van der Waals surface area (Å²) in [7, 11) is 0. The first-order chi connectivity index (χ1) is 6.33. The van der Waals surface area contributed by atoms with Crippen molar-refractivity contribution >= 4 is 16.5 Å². The molecular weight excluding hydrogens is 158 g/mol. The third kappa shape index (κ3) is 1.13. The Morgan fingerprint density at radius 2 is 2.15 bits per heavy atom. The second-order valence-electron chi connectivity index (χ2n) is 2.85. The van der Waals surface area contributed by atoms with Gasteiger partial charge in [0, 0.05) is 5.52 Å². The molecule has 2 rings (SSSR count). The molecule has 0 saturated carbocycles. The molecule has 1 heterocycles. The fourth-order valence-electron chi connectivity index (χ4n) is 1.39. The number of aromatic amines is 1. The molecule has 0 radical (unpaired) electrons. The largest absolute Gasteiger partial charge is 0.366 e. The predicted molar refractivity (Wildman–Crippen MR) is 54.5 cm³/mol. The van der Waals surface area contributed by atoms with Gasteiger partial charge in [0.25, 0.3) is 0 Å². The number of H-pyrrole nitrogens is 1. The van der Waals surface area contributed by atoms with Crippen LogP contribution >= 0.6 is 0 Å². The predicted octanol–water partition coefficient (Wildman–Crippen LogP) is 2.77. The van der Waals surface area contributed by atoms with E-state index in [2.05, 4.69) is 17.5 Å². The van der Waals surface area contributed by atoms with Crippen molar-refractivity contribution in [2.24, 2.45) is 0 Å². The Kier molecular flexibility index (Phi) is 1.68. The maximum Gasteiger partial charge on any atom is 0.0444 e. The molecule has 1 heteroatoms. The van der Waals surface area contributed by atoms with Crippen LogP contribution in [0.5, 0.6) is 0 Å². The Hall–Kier alpha value is -1.94. The molecule has 0 bridgehead atoms. The zero-order valence-corrected chi connectivity index (χ0v) is 7.09. The van der Waals surface area contributed by atoms with Gasteiger partial charge in [0.05, 0.1) is 0 Å². The molecule has 62 valence electrons. The van der Waals surface area contributed by atoms with Gasteiger partial charge in [-0.05, 0) is 17.6 Å². The summed E-state index contributed by atoms with van der Waals surface area (Å²) in [6.45, 7) is 3.75. The summed E-state index contributed by atoms with van der Waals surface area (Å²) in [4.78, 5) is 3.12. The molecular formula is C12H8N-. The smallest absolute Gasteiger partial charge is 0.0444 e. The van der Waals surface area contributed by atoms with Gasteiger partial charge in [0.1, 0.15) is 0 Å². The van der Waals surface area contributed by atoms with Crippen LogP contribution in [0.1, 0.15) is 5.56 Å². The fourth-order valence-corrected chi connectivity index (χ4v) is 1.39. The van der Waals surface area contributed by atoms with Gasteiger partial charge in [-0.3, -0.25) is 5.92 Å². The van der Waals surface area contributed by atoms with E-state index in [0.29, 0.717) is 5.57 Å². The summed E-state index contributed by atoms with van der Waals surface area (Å²) in [5, 5.41) is 1.09. The number of aromatic nitrogens is 1. The van der Waals surface area contributed by atoms with Crippen molar-refractivity contribution in [1.82, 2.24) is 4.98 Å². The molecule has 0 atom stereocenters. The van der Waals surface area contributed by atoms with E-state index in [-0.39, 0.29) is 0 Å². The number of rotatable bonds is 1. The third-order valence-electron chi connectivity index (χ3n) is 2.07. The molecule has 1 aromatic heterocycles. The lowest BCUT2D eigenvalue weighted by molar-refractivity contribution is 1.47. The average Bonchev–Trinajstić information content (AvgIpc) is 2.60. The Balaban J connectivity index is 2.73. The lowest BCUT2D eigenvalue weighted by Crippen LogP contribution is -1.74. The number of benzene rings is 1. The third-order valence-corrected chi connectivity index (χ3v) is 2.07. The van der Waals surface area contributed by atoms with E-state index in [4.69, 9.17) is 6.42 Å². The number of para-hydroxylation sites is 1. The topological polar surface area (TPSA) is 15.8 Å². The van der Waals surface area contributed by atoms with Gasteiger partial charge in [0.15, 0.2) is 0 Å². The van der Waals surface area contributed by atoms with E-state index < -0.39 is 0 Å². The Morgan fingerprint density at radius 1 is 1.38 bits per heavy atom. The van der Waals surface area contributed by atoms with Gasteiger partial charge in [-0.25, -0.2) is 0 Å². The summed E-state index contributed by atoms with van der Waals surface area (Å²) < 4.78 is 0. The van der Waals surface area contributed by atoms with Crippen LogP contribution in [0.4, 0.5) is 0 Å².